The minimum atomic E-state index is -0.0890. The highest BCUT2D eigenvalue weighted by Gasteiger charge is 2.16. The number of carbonyl (C=O) groups excluding carboxylic acids is 1. The average molecular weight is 432 g/mol. The van der Waals surface area contributed by atoms with Gasteiger partial charge in [-0.05, 0) is 18.6 Å². The molecule has 0 radical (unpaired) electrons. The third kappa shape index (κ3) is 5.12. The standard InChI is InChI=1S/C23H24N6O3/c1-15-18-8-2-3-9-19(18)23(28-27-15)25-13-5-12-24-20(31)10-11-21-26-22(29-32-21)16-6-4-7-17(30)14-16/h2-4,6-9,14,27,30H,1,5,10-13H2,(H,24,31)(H,25,28). The summed E-state index contributed by atoms with van der Waals surface area (Å²) in [5.41, 5.74) is 9.56. The van der Waals surface area contributed by atoms with Gasteiger partial charge in [-0.2, -0.15) is 4.98 Å². The molecule has 0 unspecified atom stereocenters. The number of aromatic nitrogens is 2. The van der Waals surface area contributed by atoms with E-state index in [-0.39, 0.29) is 18.1 Å². The molecule has 4 N–H and O–H groups in total. The molecule has 0 spiro atoms. The number of nitrogens with one attached hydrogen (secondary N) is 3. The number of phenolic OH excluding ortho intramolecular Hbond substituents is 1. The first-order chi connectivity index (χ1) is 15.6. The van der Waals surface area contributed by atoms with Crippen molar-refractivity contribution >= 4 is 17.4 Å². The lowest BCUT2D eigenvalue weighted by Gasteiger charge is -2.23. The van der Waals surface area contributed by atoms with E-state index in [1.165, 1.54) is 0 Å². The summed E-state index contributed by atoms with van der Waals surface area (Å²) in [6.07, 6.45) is 1.30. The lowest BCUT2D eigenvalue weighted by Crippen LogP contribution is -2.41. The number of hydrogen-bond donors (Lipinski definition) is 4. The third-order valence-electron chi connectivity index (χ3n) is 4.90. The van der Waals surface area contributed by atoms with Gasteiger partial charge in [0.1, 0.15) is 11.6 Å². The summed E-state index contributed by atoms with van der Waals surface area (Å²) >= 11 is 0. The fraction of sp³-hybridized carbons (Fsp3) is 0.217. The molecule has 1 aliphatic rings. The zero-order valence-electron chi connectivity index (χ0n) is 17.5. The Morgan fingerprint density at radius 2 is 2.00 bits per heavy atom. The molecular weight excluding hydrogens is 408 g/mol. The van der Waals surface area contributed by atoms with E-state index in [1.54, 1.807) is 24.3 Å². The van der Waals surface area contributed by atoms with Crippen molar-refractivity contribution < 1.29 is 14.4 Å². The summed E-state index contributed by atoms with van der Waals surface area (Å²) < 4.78 is 5.20. The minimum absolute atomic E-state index is 0.0890. The Balaban J connectivity index is 1.19. The van der Waals surface area contributed by atoms with E-state index in [0.717, 1.165) is 22.7 Å². The normalized spacial score (nSPS) is 13.9. The number of amides is 1. The van der Waals surface area contributed by atoms with Gasteiger partial charge < -0.3 is 14.9 Å². The van der Waals surface area contributed by atoms with E-state index in [2.05, 4.69) is 37.9 Å². The number of phenols is 1. The first-order valence-corrected chi connectivity index (χ1v) is 10.3. The van der Waals surface area contributed by atoms with Crippen molar-refractivity contribution in [1.29, 1.82) is 0 Å². The van der Waals surface area contributed by atoms with E-state index in [1.807, 2.05) is 24.3 Å². The van der Waals surface area contributed by atoms with Gasteiger partial charge >= 0.3 is 0 Å². The number of aliphatic imine (C=N–C) groups is 1. The molecule has 164 valence electrons. The fourth-order valence-electron chi connectivity index (χ4n) is 3.27. The van der Waals surface area contributed by atoms with E-state index < -0.39 is 0 Å². The van der Waals surface area contributed by atoms with Gasteiger partial charge in [0.05, 0.1) is 5.70 Å². The van der Waals surface area contributed by atoms with Crippen molar-refractivity contribution in [2.24, 2.45) is 4.99 Å². The number of fused-ring (bicyclic) bond motifs is 1. The molecule has 0 saturated carbocycles. The Labute approximate surface area is 185 Å². The monoisotopic (exact) mass is 432 g/mol. The zero-order valence-corrected chi connectivity index (χ0v) is 17.5. The quantitative estimate of drug-likeness (QED) is 0.403. The first kappa shape index (κ1) is 21.1. The maximum absolute atomic E-state index is 12.1. The highest BCUT2D eigenvalue weighted by atomic mass is 16.5. The van der Waals surface area contributed by atoms with Gasteiger partial charge in [0.15, 0.2) is 0 Å². The van der Waals surface area contributed by atoms with Crippen LogP contribution in [-0.2, 0) is 11.2 Å². The molecule has 1 amide bonds. The van der Waals surface area contributed by atoms with Gasteiger partial charge in [0, 0.05) is 42.6 Å². The molecule has 2 aromatic carbocycles. The lowest BCUT2D eigenvalue weighted by atomic mass is 10.0. The van der Waals surface area contributed by atoms with Crippen LogP contribution in [0.15, 0.2) is 64.6 Å². The Bertz CT molecular complexity index is 1150. The summed E-state index contributed by atoms with van der Waals surface area (Å²) in [6.45, 7) is 5.07. The van der Waals surface area contributed by atoms with Crippen molar-refractivity contribution in [3.05, 3.63) is 72.1 Å². The molecule has 9 nitrogen and oxygen atoms in total. The van der Waals surface area contributed by atoms with Crippen LogP contribution in [0.5, 0.6) is 5.75 Å². The molecule has 32 heavy (non-hydrogen) atoms. The molecule has 4 rings (SSSR count). The number of hydrazine groups is 1. The number of hydrogen-bond acceptors (Lipinski definition) is 7. The van der Waals surface area contributed by atoms with Crippen molar-refractivity contribution in [1.82, 2.24) is 26.3 Å². The molecule has 9 heteroatoms. The summed E-state index contributed by atoms with van der Waals surface area (Å²) in [5, 5.41) is 16.3. The van der Waals surface area contributed by atoms with Crippen LogP contribution in [-0.4, -0.2) is 40.1 Å². The minimum Gasteiger partial charge on any atom is -0.508 e. The predicted octanol–water partition coefficient (Wildman–Crippen LogP) is 2.41. The van der Waals surface area contributed by atoms with E-state index in [4.69, 9.17) is 4.52 Å². The molecule has 0 bridgehead atoms. The van der Waals surface area contributed by atoms with Crippen LogP contribution >= 0.6 is 0 Å². The summed E-state index contributed by atoms with van der Waals surface area (Å²) in [4.78, 5) is 21.0. The molecular formula is C23H24N6O3. The average Bonchev–Trinajstić information content (AvgIpc) is 3.28. The van der Waals surface area contributed by atoms with Gasteiger partial charge in [-0.1, -0.05) is 48.1 Å². The molecule has 1 aromatic heterocycles. The smallest absolute Gasteiger partial charge is 0.227 e. The van der Waals surface area contributed by atoms with Crippen molar-refractivity contribution in [3.8, 4) is 17.1 Å². The number of aryl methyl sites for hydroxylation is 1. The molecule has 0 aliphatic carbocycles. The van der Waals surface area contributed by atoms with Gasteiger partial charge in [-0.25, -0.2) is 0 Å². The summed E-state index contributed by atoms with van der Waals surface area (Å²) in [6, 6.07) is 14.5. The Morgan fingerprint density at radius 3 is 2.84 bits per heavy atom. The van der Waals surface area contributed by atoms with Gasteiger partial charge in [-0.15, -0.1) is 0 Å². The number of aromatic hydroxyl groups is 1. The van der Waals surface area contributed by atoms with Crippen LogP contribution in [0.2, 0.25) is 0 Å². The van der Waals surface area contributed by atoms with E-state index in [0.29, 0.717) is 43.2 Å². The number of benzene rings is 2. The van der Waals surface area contributed by atoms with Crippen molar-refractivity contribution in [2.75, 3.05) is 13.1 Å². The highest BCUT2D eigenvalue weighted by molar-refractivity contribution is 6.04. The van der Waals surface area contributed by atoms with Crippen molar-refractivity contribution in [2.45, 2.75) is 19.3 Å². The zero-order chi connectivity index (χ0) is 22.3. The van der Waals surface area contributed by atoms with E-state index >= 15 is 0 Å². The SMILES string of the molecule is C=C1NNC(=NCCCNC(=O)CCc2nc(-c3cccc(O)c3)no2)c2ccccc21. The highest BCUT2D eigenvalue weighted by Crippen LogP contribution is 2.21. The van der Waals surface area contributed by atoms with Gasteiger partial charge in [0.2, 0.25) is 17.6 Å². The Morgan fingerprint density at radius 1 is 1.16 bits per heavy atom. The summed E-state index contributed by atoms with van der Waals surface area (Å²) in [5.74, 6) is 1.56. The molecule has 3 aromatic rings. The number of nitrogens with zero attached hydrogens (tertiary/aromatic N) is 3. The van der Waals surface area contributed by atoms with Crippen LogP contribution in [0.3, 0.4) is 0 Å². The van der Waals surface area contributed by atoms with Crippen LogP contribution in [0.1, 0.15) is 29.9 Å². The Hall–Kier alpha value is -4.14. The maximum Gasteiger partial charge on any atom is 0.227 e. The van der Waals surface area contributed by atoms with E-state index in [9.17, 15) is 9.90 Å². The number of carbonyl (C=O) groups is 1. The topological polar surface area (TPSA) is 125 Å². The largest absolute Gasteiger partial charge is 0.508 e. The second-order valence-electron chi connectivity index (χ2n) is 7.27. The molecule has 0 fully saturated rings. The third-order valence-corrected chi connectivity index (χ3v) is 4.90. The van der Waals surface area contributed by atoms with Gasteiger partial charge in [0.25, 0.3) is 0 Å². The number of rotatable bonds is 8. The second kappa shape index (κ2) is 9.78. The number of amidine groups is 1. The molecule has 2 heterocycles. The van der Waals surface area contributed by atoms with Gasteiger partial charge in [-0.3, -0.25) is 20.6 Å². The maximum atomic E-state index is 12.1. The molecule has 1 aliphatic heterocycles. The van der Waals surface area contributed by atoms with Crippen molar-refractivity contribution in [3.63, 3.8) is 0 Å². The molecule has 0 atom stereocenters. The van der Waals surface area contributed by atoms with Crippen LogP contribution < -0.4 is 16.2 Å². The Kier molecular flexibility index (Phi) is 6.45. The van der Waals surface area contributed by atoms with Crippen LogP contribution in [0.4, 0.5) is 0 Å². The summed E-state index contributed by atoms with van der Waals surface area (Å²) in [7, 11) is 0. The van der Waals surface area contributed by atoms with Crippen LogP contribution in [0.25, 0.3) is 17.1 Å². The predicted molar refractivity (Wildman–Crippen MR) is 120 cm³/mol. The second-order valence-corrected chi connectivity index (χ2v) is 7.27. The van der Waals surface area contributed by atoms with Crippen LogP contribution in [0, 0.1) is 0 Å². The molecule has 0 saturated heterocycles. The lowest BCUT2D eigenvalue weighted by molar-refractivity contribution is -0.121. The first-order valence-electron chi connectivity index (χ1n) is 10.3. The fourth-order valence-corrected chi connectivity index (χ4v) is 3.27.